The Balaban J connectivity index is 1.80. The normalized spacial score (nSPS) is 13.8. The first-order valence-corrected chi connectivity index (χ1v) is 10.3. The van der Waals surface area contributed by atoms with Crippen LogP contribution in [0.5, 0.6) is 0 Å². The maximum absolute atomic E-state index is 12.3. The van der Waals surface area contributed by atoms with Crippen LogP contribution in [0.3, 0.4) is 0 Å². The van der Waals surface area contributed by atoms with Crippen molar-refractivity contribution in [2.45, 2.75) is 52.6 Å². The molecule has 0 bridgehead atoms. The van der Waals surface area contributed by atoms with Crippen LogP contribution in [0.2, 0.25) is 5.02 Å². The van der Waals surface area contributed by atoms with Gasteiger partial charge < -0.3 is 10.3 Å². The van der Waals surface area contributed by atoms with E-state index in [0.717, 1.165) is 6.42 Å². The minimum absolute atomic E-state index is 0.141. The van der Waals surface area contributed by atoms with Crippen LogP contribution in [0.25, 0.3) is 10.9 Å². The van der Waals surface area contributed by atoms with Crippen LogP contribution in [0.4, 0.5) is 0 Å². The van der Waals surface area contributed by atoms with Gasteiger partial charge in [-0.15, -0.1) is 0 Å². The quantitative estimate of drug-likeness (QED) is 0.547. The highest BCUT2D eigenvalue weighted by Gasteiger charge is 2.16. The van der Waals surface area contributed by atoms with E-state index in [1.807, 2.05) is 0 Å². The van der Waals surface area contributed by atoms with Gasteiger partial charge in [-0.25, -0.2) is 4.98 Å². The number of fused-ring (bicyclic) bond motifs is 1. The average molecular weight is 398 g/mol. The van der Waals surface area contributed by atoms with Crippen LogP contribution < -0.4 is 10.9 Å². The van der Waals surface area contributed by atoms with Gasteiger partial charge in [0.2, 0.25) is 0 Å². The third-order valence-corrected chi connectivity index (χ3v) is 5.59. The summed E-state index contributed by atoms with van der Waals surface area (Å²) in [5.41, 5.74) is 3.09. The molecule has 0 amide bonds. The zero-order valence-corrected chi connectivity index (χ0v) is 17.7. The van der Waals surface area contributed by atoms with Gasteiger partial charge in [0.1, 0.15) is 5.82 Å². The van der Waals surface area contributed by atoms with Gasteiger partial charge in [-0.1, -0.05) is 63.6 Å². The van der Waals surface area contributed by atoms with Crippen molar-refractivity contribution in [1.29, 1.82) is 0 Å². The van der Waals surface area contributed by atoms with Gasteiger partial charge in [-0.3, -0.25) is 4.79 Å². The van der Waals surface area contributed by atoms with Crippen LogP contribution in [0, 0.1) is 5.92 Å². The molecule has 0 spiro atoms. The number of nitrogens with one attached hydrogen (secondary N) is 2. The molecule has 4 nitrogen and oxygen atoms in total. The second-order valence-corrected chi connectivity index (χ2v) is 8.19. The van der Waals surface area contributed by atoms with Gasteiger partial charge in [0.15, 0.2) is 0 Å². The van der Waals surface area contributed by atoms with E-state index in [0.29, 0.717) is 40.1 Å². The number of H-pyrrole nitrogens is 1. The minimum Gasteiger partial charge on any atom is -0.309 e. The van der Waals surface area contributed by atoms with Gasteiger partial charge in [0.05, 0.1) is 17.4 Å². The van der Waals surface area contributed by atoms with Crippen LogP contribution in [-0.4, -0.2) is 9.97 Å². The van der Waals surface area contributed by atoms with E-state index in [4.69, 9.17) is 11.6 Å². The van der Waals surface area contributed by atoms with Gasteiger partial charge in [-0.2, -0.15) is 0 Å². The molecular formula is C23H28ClN3O. The van der Waals surface area contributed by atoms with E-state index in [1.165, 1.54) is 11.1 Å². The minimum atomic E-state index is -0.141. The van der Waals surface area contributed by atoms with Crippen LogP contribution >= 0.6 is 11.6 Å². The predicted octanol–water partition coefficient (Wildman–Crippen LogP) is 5.58. The first-order chi connectivity index (χ1) is 13.4. The Bertz CT molecular complexity index is 995. The molecule has 1 aromatic heterocycles. The predicted molar refractivity (Wildman–Crippen MR) is 117 cm³/mol. The number of hydrogen-bond donors (Lipinski definition) is 2. The Kier molecular flexibility index (Phi) is 6.53. The van der Waals surface area contributed by atoms with E-state index < -0.39 is 0 Å². The first kappa shape index (κ1) is 20.6. The number of nitrogens with zero attached hydrogens (tertiary/aromatic N) is 1. The number of rotatable bonds is 7. The zero-order chi connectivity index (χ0) is 20.3. The molecule has 2 atom stereocenters. The third-order valence-electron chi connectivity index (χ3n) is 5.35. The average Bonchev–Trinajstić information content (AvgIpc) is 2.67. The molecule has 0 radical (unpaired) electrons. The molecule has 5 heteroatoms. The first-order valence-electron chi connectivity index (χ1n) is 9.90. The summed E-state index contributed by atoms with van der Waals surface area (Å²) in [6.07, 6.45) is 1.14. The maximum Gasteiger partial charge on any atom is 0.258 e. The lowest BCUT2D eigenvalue weighted by molar-refractivity contribution is 0.406. The van der Waals surface area contributed by atoms with E-state index in [2.05, 4.69) is 67.2 Å². The fourth-order valence-corrected chi connectivity index (χ4v) is 3.62. The summed E-state index contributed by atoms with van der Waals surface area (Å²) >= 11 is 6.05. The van der Waals surface area contributed by atoms with Gasteiger partial charge in [0.25, 0.3) is 5.56 Å². The monoisotopic (exact) mass is 397 g/mol. The highest BCUT2D eigenvalue weighted by molar-refractivity contribution is 6.31. The molecular weight excluding hydrogens is 370 g/mol. The van der Waals surface area contributed by atoms with E-state index >= 15 is 0 Å². The summed E-state index contributed by atoms with van der Waals surface area (Å²) in [4.78, 5) is 19.8. The lowest BCUT2D eigenvalue weighted by Gasteiger charge is -2.23. The molecule has 0 aliphatic rings. The number of aromatic nitrogens is 2. The largest absolute Gasteiger partial charge is 0.309 e. The number of benzene rings is 2. The highest BCUT2D eigenvalue weighted by atomic mass is 35.5. The van der Waals surface area contributed by atoms with E-state index in [-0.39, 0.29) is 11.6 Å². The Labute approximate surface area is 171 Å². The third kappa shape index (κ3) is 4.62. The summed E-state index contributed by atoms with van der Waals surface area (Å²) < 4.78 is 0. The van der Waals surface area contributed by atoms with Crippen LogP contribution in [-0.2, 0) is 6.54 Å². The highest BCUT2D eigenvalue weighted by Crippen LogP contribution is 2.25. The summed E-state index contributed by atoms with van der Waals surface area (Å²) in [5.74, 6) is 1.58. The molecule has 3 rings (SSSR count). The van der Waals surface area contributed by atoms with Crippen molar-refractivity contribution < 1.29 is 0 Å². The molecule has 1 heterocycles. The maximum atomic E-state index is 12.3. The van der Waals surface area contributed by atoms with Gasteiger partial charge in [-0.05, 0) is 47.6 Å². The molecule has 0 saturated carbocycles. The van der Waals surface area contributed by atoms with Crippen molar-refractivity contribution in [3.8, 4) is 0 Å². The standard InChI is InChI=1S/C23H28ClN3O/c1-5-15(4)16-6-8-17(9-7-16)22(14(2)3)25-13-21-26-20-12-18(24)10-11-19(20)23(28)27-21/h6-12,14-15,22,25H,5,13H2,1-4H3,(H,26,27,28)/t15-,22-/m1/s1. The number of hydrogen-bond acceptors (Lipinski definition) is 3. The van der Waals surface area contributed by atoms with Crippen LogP contribution in [0.15, 0.2) is 47.3 Å². The van der Waals surface area contributed by atoms with Crippen molar-refractivity contribution in [3.05, 3.63) is 74.8 Å². The van der Waals surface area contributed by atoms with Crippen molar-refractivity contribution in [2.24, 2.45) is 5.92 Å². The second-order valence-electron chi connectivity index (χ2n) is 7.75. The van der Waals surface area contributed by atoms with Crippen LogP contribution in [0.1, 0.15) is 63.0 Å². The fourth-order valence-electron chi connectivity index (χ4n) is 3.46. The second kappa shape index (κ2) is 8.89. The molecule has 0 saturated heterocycles. The van der Waals surface area contributed by atoms with E-state index in [9.17, 15) is 4.79 Å². The molecule has 0 fully saturated rings. The lowest BCUT2D eigenvalue weighted by atomic mass is 9.92. The molecule has 3 aromatic rings. The van der Waals surface area contributed by atoms with E-state index in [1.54, 1.807) is 18.2 Å². The topological polar surface area (TPSA) is 57.8 Å². The molecule has 2 aromatic carbocycles. The Morgan fingerprint density at radius 3 is 2.39 bits per heavy atom. The van der Waals surface area contributed by atoms with Gasteiger partial charge >= 0.3 is 0 Å². The molecule has 0 unspecified atom stereocenters. The molecule has 2 N–H and O–H groups in total. The van der Waals surface area contributed by atoms with Crippen molar-refractivity contribution >= 4 is 22.5 Å². The smallest absolute Gasteiger partial charge is 0.258 e. The summed E-state index contributed by atoms with van der Waals surface area (Å²) in [6.45, 7) is 9.32. The van der Waals surface area contributed by atoms with Crippen molar-refractivity contribution in [2.75, 3.05) is 0 Å². The molecule has 0 aliphatic carbocycles. The molecule has 28 heavy (non-hydrogen) atoms. The Morgan fingerprint density at radius 2 is 1.75 bits per heavy atom. The fraction of sp³-hybridized carbons (Fsp3) is 0.391. The molecule has 148 valence electrons. The lowest BCUT2D eigenvalue weighted by Crippen LogP contribution is -2.27. The van der Waals surface area contributed by atoms with Gasteiger partial charge in [0, 0.05) is 11.1 Å². The van der Waals surface area contributed by atoms with Crippen molar-refractivity contribution in [3.63, 3.8) is 0 Å². The van der Waals surface area contributed by atoms with Crippen molar-refractivity contribution in [1.82, 2.24) is 15.3 Å². The summed E-state index contributed by atoms with van der Waals surface area (Å²) in [7, 11) is 0. The zero-order valence-electron chi connectivity index (χ0n) is 16.9. The number of aromatic amines is 1. The molecule has 0 aliphatic heterocycles. The Hall–Kier alpha value is -2.17. The number of halogens is 1. The summed E-state index contributed by atoms with van der Waals surface area (Å²) in [6, 6.07) is 14.2. The summed E-state index contributed by atoms with van der Waals surface area (Å²) in [5, 5.41) is 4.68. The SMILES string of the molecule is CC[C@@H](C)c1ccc([C@H](NCc2nc3cc(Cl)ccc3c(=O)[nH]2)C(C)C)cc1. The Morgan fingerprint density at radius 1 is 1.07 bits per heavy atom.